The zero-order valence-corrected chi connectivity index (χ0v) is 12.3. The van der Waals surface area contributed by atoms with Crippen LogP contribution in [0.1, 0.15) is 18.4 Å². The fourth-order valence-corrected chi connectivity index (χ4v) is 3.08. The van der Waals surface area contributed by atoms with Crippen molar-refractivity contribution in [3.05, 3.63) is 48.0 Å². The van der Waals surface area contributed by atoms with Crippen LogP contribution in [0.4, 0.5) is 0 Å². The molecule has 0 spiro atoms. The number of nitrogens with zero attached hydrogens (tertiary/aromatic N) is 1. The summed E-state index contributed by atoms with van der Waals surface area (Å²) in [6, 6.07) is 14.3. The van der Waals surface area contributed by atoms with E-state index in [0.29, 0.717) is 12.3 Å². The lowest BCUT2D eigenvalue weighted by Crippen LogP contribution is -2.40. The number of benzene rings is 2. The zero-order valence-electron chi connectivity index (χ0n) is 12.3. The average molecular weight is 283 g/mol. The van der Waals surface area contributed by atoms with Crippen molar-refractivity contribution in [3.63, 3.8) is 0 Å². The molecule has 110 valence electrons. The number of carbonyl (C=O) groups is 1. The van der Waals surface area contributed by atoms with Crippen molar-refractivity contribution in [2.24, 2.45) is 5.92 Å². The van der Waals surface area contributed by atoms with Crippen molar-refractivity contribution < 1.29 is 9.90 Å². The molecule has 0 radical (unpaired) electrons. The topological polar surface area (TPSA) is 40.5 Å². The Balaban J connectivity index is 1.68. The summed E-state index contributed by atoms with van der Waals surface area (Å²) in [5.41, 5.74) is 1.08. The van der Waals surface area contributed by atoms with Gasteiger partial charge in [0, 0.05) is 13.6 Å². The van der Waals surface area contributed by atoms with Crippen LogP contribution in [0.5, 0.6) is 0 Å². The molecule has 1 N–H and O–H groups in total. The Morgan fingerprint density at radius 1 is 1.19 bits per heavy atom. The second kappa shape index (κ2) is 5.86. The minimum absolute atomic E-state index is 0.146. The van der Waals surface area contributed by atoms with Crippen LogP contribution in [-0.2, 0) is 11.2 Å². The van der Waals surface area contributed by atoms with Crippen LogP contribution in [0.15, 0.2) is 42.5 Å². The number of hydrogen-bond acceptors (Lipinski definition) is 2. The number of rotatable bonds is 4. The van der Waals surface area contributed by atoms with Gasteiger partial charge >= 0.3 is 0 Å². The molecule has 0 unspecified atom stereocenters. The first-order chi connectivity index (χ1) is 10.1. The van der Waals surface area contributed by atoms with Crippen molar-refractivity contribution in [2.45, 2.75) is 25.4 Å². The summed E-state index contributed by atoms with van der Waals surface area (Å²) < 4.78 is 0. The van der Waals surface area contributed by atoms with E-state index in [1.165, 1.54) is 5.39 Å². The summed E-state index contributed by atoms with van der Waals surface area (Å²) in [5, 5.41) is 11.6. The van der Waals surface area contributed by atoms with Gasteiger partial charge in [-0.05, 0) is 35.1 Å². The van der Waals surface area contributed by atoms with E-state index in [1.807, 2.05) is 31.3 Å². The second-order valence-corrected chi connectivity index (χ2v) is 6.08. The van der Waals surface area contributed by atoms with E-state index in [1.54, 1.807) is 4.90 Å². The second-order valence-electron chi connectivity index (χ2n) is 6.08. The Morgan fingerprint density at radius 2 is 1.90 bits per heavy atom. The fourth-order valence-electron chi connectivity index (χ4n) is 3.08. The molecule has 0 atom stereocenters. The van der Waals surface area contributed by atoms with Gasteiger partial charge in [0.2, 0.25) is 5.91 Å². The number of carbonyl (C=O) groups excluding carboxylic acids is 1. The molecule has 0 bridgehead atoms. The maximum Gasteiger partial charge on any atom is 0.226 e. The molecule has 1 aliphatic carbocycles. The molecule has 1 fully saturated rings. The van der Waals surface area contributed by atoms with Crippen LogP contribution in [-0.4, -0.2) is 35.6 Å². The number of fused-ring (bicyclic) bond motifs is 1. The Labute approximate surface area is 125 Å². The van der Waals surface area contributed by atoms with Gasteiger partial charge < -0.3 is 10.0 Å². The van der Waals surface area contributed by atoms with Crippen LogP contribution < -0.4 is 0 Å². The molecule has 21 heavy (non-hydrogen) atoms. The van der Waals surface area contributed by atoms with Gasteiger partial charge in [0.05, 0.1) is 12.5 Å². The molecule has 3 heteroatoms. The highest BCUT2D eigenvalue weighted by Gasteiger charge is 2.29. The molecule has 2 aromatic rings. The van der Waals surface area contributed by atoms with Crippen LogP contribution in [0, 0.1) is 5.92 Å². The summed E-state index contributed by atoms with van der Waals surface area (Å²) in [4.78, 5) is 14.2. The van der Waals surface area contributed by atoms with Crippen molar-refractivity contribution in [3.8, 4) is 0 Å². The zero-order chi connectivity index (χ0) is 14.8. The average Bonchev–Trinajstić information content (AvgIpc) is 2.46. The fraction of sp³-hybridized carbons (Fsp3) is 0.389. The molecular weight excluding hydrogens is 262 g/mol. The van der Waals surface area contributed by atoms with Gasteiger partial charge in [-0.1, -0.05) is 42.5 Å². The Kier molecular flexibility index (Phi) is 3.93. The molecule has 3 rings (SSSR count). The molecule has 3 nitrogen and oxygen atoms in total. The van der Waals surface area contributed by atoms with Gasteiger partial charge in [0.25, 0.3) is 0 Å². The quantitative estimate of drug-likeness (QED) is 0.937. The standard InChI is InChI=1S/C18H21NO2/c1-19(12-13-9-16(20)10-13)18(21)11-15-7-4-6-14-5-2-3-8-17(14)15/h2-8,13,16,20H,9-12H2,1H3. The highest BCUT2D eigenvalue weighted by Crippen LogP contribution is 2.28. The SMILES string of the molecule is CN(CC1CC(O)C1)C(=O)Cc1cccc2ccccc12. The normalized spacial score (nSPS) is 21.0. The van der Waals surface area contributed by atoms with Gasteiger partial charge in [0.1, 0.15) is 0 Å². The molecule has 0 saturated heterocycles. The molecular formula is C18H21NO2. The van der Waals surface area contributed by atoms with E-state index >= 15 is 0 Å². The van der Waals surface area contributed by atoms with Gasteiger partial charge in [0.15, 0.2) is 0 Å². The lowest BCUT2D eigenvalue weighted by molar-refractivity contribution is -0.130. The van der Waals surface area contributed by atoms with Crippen LogP contribution in [0.3, 0.4) is 0 Å². The molecule has 1 saturated carbocycles. The van der Waals surface area contributed by atoms with E-state index in [4.69, 9.17) is 0 Å². The number of likely N-dealkylation sites (N-methyl/N-ethyl adjacent to an activating group) is 1. The maximum absolute atomic E-state index is 12.4. The third-order valence-electron chi connectivity index (χ3n) is 4.39. The van der Waals surface area contributed by atoms with Gasteiger partial charge in [-0.25, -0.2) is 0 Å². The molecule has 0 aliphatic heterocycles. The molecule has 1 aliphatic rings. The van der Waals surface area contributed by atoms with Crippen LogP contribution in [0.25, 0.3) is 10.8 Å². The first-order valence-electron chi connectivity index (χ1n) is 7.52. The number of aliphatic hydroxyl groups excluding tert-OH is 1. The van der Waals surface area contributed by atoms with E-state index < -0.39 is 0 Å². The Morgan fingerprint density at radius 3 is 2.67 bits per heavy atom. The smallest absolute Gasteiger partial charge is 0.226 e. The summed E-state index contributed by atoms with van der Waals surface area (Å²) in [5.74, 6) is 0.606. The third-order valence-corrected chi connectivity index (χ3v) is 4.39. The number of aliphatic hydroxyl groups is 1. The lowest BCUT2D eigenvalue weighted by atomic mass is 9.82. The number of hydrogen-bond donors (Lipinski definition) is 1. The predicted molar refractivity (Wildman–Crippen MR) is 84.0 cm³/mol. The highest BCUT2D eigenvalue weighted by atomic mass is 16.3. The van der Waals surface area contributed by atoms with Crippen LogP contribution >= 0.6 is 0 Å². The summed E-state index contributed by atoms with van der Waals surface area (Å²) in [7, 11) is 1.86. The summed E-state index contributed by atoms with van der Waals surface area (Å²) in [6.45, 7) is 0.751. The van der Waals surface area contributed by atoms with Gasteiger partial charge in [-0.3, -0.25) is 4.79 Å². The summed E-state index contributed by atoms with van der Waals surface area (Å²) in [6.07, 6.45) is 1.93. The van der Waals surface area contributed by atoms with Gasteiger partial charge in [-0.15, -0.1) is 0 Å². The van der Waals surface area contributed by atoms with Crippen molar-refractivity contribution >= 4 is 16.7 Å². The van der Waals surface area contributed by atoms with E-state index in [2.05, 4.69) is 18.2 Å². The highest BCUT2D eigenvalue weighted by molar-refractivity contribution is 5.90. The molecule has 1 amide bonds. The molecule has 0 heterocycles. The molecule has 2 aromatic carbocycles. The van der Waals surface area contributed by atoms with Gasteiger partial charge in [-0.2, -0.15) is 0 Å². The predicted octanol–water partition coefficient (Wildman–Crippen LogP) is 2.61. The third kappa shape index (κ3) is 3.08. The van der Waals surface area contributed by atoms with E-state index in [0.717, 1.165) is 30.3 Å². The minimum Gasteiger partial charge on any atom is -0.393 e. The monoisotopic (exact) mass is 283 g/mol. The Hall–Kier alpha value is -1.87. The van der Waals surface area contributed by atoms with E-state index in [9.17, 15) is 9.90 Å². The molecule has 0 aromatic heterocycles. The largest absolute Gasteiger partial charge is 0.393 e. The van der Waals surface area contributed by atoms with Crippen molar-refractivity contribution in [2.75, 3.05) is 13.6 Å². The summed E-state index contributed by atoms with van der Waals surface area (Å²) >= 11 is 0. The lowest BCUT2D eigenvalue weighted by Gasteiger charge is -2.34. The maximum atomic E-state index is 12.4. The first kappa shape index (κ1) is 14.1. The van der Waals surface area contributed by atoms with E-state index in [-0.39, 0.29) is 12.0 Å². The first-order valence-corrected chi connectivity index (χ1v) is 7.52. The van der Waals surface area contributed by atoms with Crippen molar-refractivity contribution in [1.29, 1.82) is 0 Å². The van der Waals surface area contributed by atoms with Crippen LogP contribution in [0.2, 0.25) is 0 Å². The Bertz CT molecular complexity index is 641. The van der Waals surface area contributed by atoms with Crippen molar-refractivity contribution in [1.82, 2.24) is 4.90 Å². The minimum atomic E-state index is -0.156. The number of amides is 1.